The van der Waals surface area contributed by atoms with Crippen molar-refractivity contribution < 1.29 is 14.3 Å². The van der Waals surface area contributed by atoms with E-state index in [-0.39, 0.29) is 29.7 Å². The SMILES string of the molecule is CCCCCC/C=C/CCCCCCCCCC1=C(CN2CCN(C)CC2)C(=O)C=C(OC)C1=O.Cl. The zero-order valence-electron chi connectivity index (χ0n) is 23.2. The fourth-order valence-corrected chi connectivity index (χ4v) is 4.90. The summed E-state index contributed by atoms with van der Waals surface area (Å²) in [6.07, 6.45) is 23.0. The van der Waals surface area contributed by atoms with E-state index >= 15 is 0 Å². The number of ketones is 2. The largest absolute Gasteiger partial charge is 0.493 e. The summed E-state index contributed by atoms with van der Waals surface area (Å²) in [5.74, 6) is 0.0576. The number of hydrogen-bond acceptors (Lipinski definition) is 5. The van der Waals surface area contributed by atoms with Gasteiger partial charge in [0.2, 0.25) is 5.78 Å². The van der Waals surface area contributed by atoms with Crippen molar-refractivity contribution >= 4 is 24.0 Å². The Morgan fingerprint density at radius 2 is 1.36 bits per heavy atom. The van der Waals surface area contributed by atoms with Crippen LogP contribution in [0.3, 0.4) is 0 Å². The molecule has 0 spiro atoms. The van der Waals surface area contributed by atoms with Gasteiger partial charge in [0.25, 0.3) is 0 Å². The highest BCUT2D eigenvalue weighted by molar-refractivity contribution is 6.22. The predicted molar refractivity (Wildman–Crippen MR) is 153 cm³/mol. The van der Waals surface area contributed by atoms with Gasteiger partial charge in [-0.1, -0.05) is 70.4 Å². The molecule has 36 heavy (non-hydrogen) atoms. The second-order valence-electron chi connectivity index (χ2n) is 10.3. The Morgan fingerprint density at radius 3 is 1.94 bits per heavy atom. The number of nitrogens with zero attached hydrogens (tertiary/aromatic N) is 2. The van der Waals surface area contributed by atoms with Crippen molar-refractivity contribution in [2.45, 2.75) is 96.8 Å². The fourth-order valence-electron chi connectivity index (χ4n) is 4.90. The number of halogens is 1. The number of unbranched alkanes of at least 4 members (excludes halogenated alkanes) is 11. The van der Waals surface area contributed by atoms with Gasteiger partial charge in [-0.15, -0.1) is 12.4 Å². The summed E-state index contributed by atoms with van der Waals surface area (Å²) >= 11 is 0. The van der Waals surface area contributed by atoms with E-state index in [0.717, 1.165) is 39.0 Å². The van der Waals surface area contributed by atoms with Gasteiger partial charge in [0.15, 0.2) is 11.5 Å². The number of methoxy groups -OCH3 is 1. The van der Waals surface area contributed by atoms with Gasteiger partial charge < -0.3 is 9.64 Å². The molecule has 2 rings (SSSR count). The molecule has 0 aromatic rings. The third-order valence-electron chi connectivity index (χ3n) is 7.31. The van der Waals surface area contributed by atoms with E-state index in [1.54, 1.807) is 0 Å². The zero-order valence-corrected chi connectivity index (χ0v) is 24.0. The van der Waals surface area contributed by atoms with E-state index in [1.807, 2.05) is 0 Å². The van der Waals surface area contributed by atoms with Gasteiger partial charge in [0.05, 0.1) is 7.11 Å². The molecule has 0 saturated carbocycles. The number of carbonyl (C=O) groups excluding carboxylic acids is 2. The lowest BCUT2D eigenvalue weighted by Gasteiger charge is -2.33. The summed E-state index contributed by atoms with van der Waals surface area (Å²) in [5.41, 5.74) is 1.38. The lowest BCUT2D eigenvalue weighted by molar-refractivity contribution is -0.118. The zero-order chi connectivity index (χ0) is 25.3. The van der Waals surface area contributed by atoms with Gasteiger partial charge in [-0.2, -0.15) is 0 Å². The minimum Gasteiger partial charge on any atom is -0.493 e. The van der Waals surface area contributed by atoms with Gasteiger partial charge in [-0.25, -0.2) is 0 Å². The molecule has 1 fully saturated rings. The molecule has 0 aromatic carbocycles. The van der Waals surface area contributed by atoms with Gasteiger partial charge >= 0.3 is 0 Å². The Labute approximate surface area is 226 Å². The summed E-state index contributed by atoms with van der Waals surface area (Å²) in [6, 6.07) is 0. The second-order valence-corrected chi connectivity index (χ2v) is 10.3. The molecule has 0 N–H and O–H groups in total. The standard InChI is InChI=1S/C30H50N2O3.ClH/c1-4-5-6-7-8-9-10-11-12-13-14-15-16-17-18-19-26-27(25-32-22-20-31(2)21-23-32)28(33)24-29(35-3)30(26)34;/h9-10,24H,4-8,11-23,25H2,1-3H3;1H/b10-9+;. The molecule has 0 bridgehead atoms. The number of rotatable bonds is 18. The van der Waals surface area contributed by atoms with Gasteiger partial charge in [-0.05, 0) is 45.6 Å². The molecule has 0 unspecified atom stereocenters. The maximum Gasteiger partial charge on any atom is 0.224 e. The lowest BCUT2D eigenvalue weighted by Crippen LogP contribution is -2.46. The van der Waals surface area contributed by atoms with Gasteiger partial charge in [0.1, 0.15) is 0 Å². The number of carbonyl (C=O) groups is 2. The van der Waals surface area contributed by atoms with Crippen molar-refractivity contribution in [2.24, 2.45) is 0 Å². The maximum absolute atomic E-state index is 12.9. The van der Waals surface area contributed by atoms with E-state index in [0.29, 0.717) is 24.1 Å². The fraction of sp³-hybridized carbons (Fsp3) is 0.733. The minimum absolute atomic E-state index is 0. The van der Waals surface area contributed by atoms with E-state index in [9.17, 15) is 9.59 Å². The molecule has 0 radical (unpaired) electrons. The van der Waals surface area contributed by atoms with Crippen molar-refractivity contribution in [1.82, 2.24) is 9.80 Å². The van der Waals surface area contributed by atoms with Crippen molar-refractivity contribution in [1.29, 1.82) is 0 Å². The number of ether oxygens (including phenoxy) is 1. The van der Waals surface area contributed by atoms with Crippen LogP contribution in [0.15, 0.2) is 35.1 Å². The molecule has 0 aromatic heterocycles. The van der Waals surface area contributed by atoms with Crippen molar-refractivity contribution in [3.05, 3.63) is 35.1 Å². The Morgan fingerprint density at radius 1 is 0.806 bits per heavy atom. The number of allylic oxidation sites excluding steroid dienone is 4. The maximum atomic E-state index is 12.9. The molecule has 2 aliphatic rings. The van der Waals surface area contributed by atoms with Crippen LogP contribution in [-0.2, 0) is 14.3 Å². The highest BCUT2D eigenvalue weighted by Gasteiger charge is 2.30. The van der Waals surface area contributed by atoms with Crippen LogP contribution in [0.5, 0.6) is 0 Å². The van der Waals surface area contributed by atoms with E-state index < -0.39 is 0 Å². The van der Waals surface area contributed by atoms with Gasteiger partial charge in [0, 0.05) is 49.9 Å². The van der Waals surface area contributed by atoms with Crippen LogP contribution in [-0.4, -0.2) is 68.2 Å². The predicted octanol–water partition coefficient (Wildman–Crippen LogP) is 6.67. The number of piperazine rings is 1. The van der Waals surface area contributed by atoms with Crippen LogP contribution >= 0.6 is 12.4 Å². The quantitative estimate of drug-likeness (QED) is 0.114. The number of likely N-dealkylation sites (N-methyl/N-ethyl adjacent to an activating group) is 1. The Balaban J connectivity index is 0.00000648. The summed E-state index contributed by atoms with van der Waals surface area (Å²) in [4.78, 5) is 30.4. The van der Waals surface area contributed by atoms with Crippen LogP contribution in [0.25, 0.3) is 0 Å². The lowest BCUT2D eigenvalue weighted by atomic mass is 9.89. The minimum atomic E-state index is -0.0883. The number of Topliss-reactive ketones (excluding diaryl/α,β-unsaturated/α-hetero) is 1. The molecule has 0 atom stereocenters. The van der Waals surface area contributed by atoms with Crippen LogP contribution in [0.4, 0.5) is 0 Å². The van der Waals surface area contributed by atoms with Crippen LogP contribution in [0.1, 0.15) is 96.8 Å². The van der Waals surface area contributed by atoms with Crippen LogP contribution in [0, 0.1) is 0 Å². The number of hydrogen-bond donors (Lipinski definition) is 0. The molecule has 1 saturated heterocycles. The van der Waals surface area contributed by atoms with E-state index in [1.165, 1.54) is 83.8 Å². The average molecular weight is 523 g/mol. The normalized spacial score (nSPS) is 17.6. The van der Waals surface area contributed by atoms with E-state index in [4.69, 9.17) is 4.74 Å². The van der Waals surface area contributed by atoms with Gasteiger partial charge in [-0.3, -0.25) is 14.5 Å². The molecule has 1 aliphatic carbocycles. The third kappa shape index (κ3) is 12.2. The molecule has 1 aliphatic heterocycles. The summed E-state index contributed by atoms with van der Waals surface area (Å²) in [6.45, 7) is 6.70. The highest BCUT2D eigenvalue weighted by atomic mass is 35.5. The Bertz CT molecular complexity index is 736. The molecule has 1 heterocycles. The molecular weight excluding hydrogens is 472 g/mol. The van der Waals surface area contributed by atoms with Crippen molar-refractivity contribution in [3.63, 3.8) is 0 Å². The monoisotopic (exact) mass is 522 g/mol. The van der Waals surface area contributed by atoms with Crippen LogP contribution in [0.2, 0.25) is 0 Å². The molecule has 5 nitrogen and oxygen atoms in total. The van der Waals surface area contributed by atoms with Crippen molar-refractivity contribution in [3.8, 4) is 0 Å². The summed E-state index contributed by atoms with van der Waals surface area (Å²) < 4.78 is 5.22. The topological polar surface area (TPSA) is 49.9 Å². The second kappa shape index (κ2) is 19.7. The Kier molecular flexibility index (Phi) is 17.8. The molecular formula is C30H51ClN2O3. The summed E-state index contributed by atoms with van der Waals surface area (Å²) in [7, 11) is 3.60. The average Bonchev–Trinajstić information content (AvgIpc) is 2.86. The first-order valence-corrected chi connectivity index (χ1v) is 14.2. The Hall–Kier alpha value is -1.43. The third-order valence-corrected chi connectivity index (χ3v) is 7.31. The smallest absolute Gasteiger partial charge is 0.224 e. The van der Waals surface area contributed by atoms with Crippen LogP contribution < -0.4 is 0 Å². The first kappa shape index (κ1) is 32.6. The van der Waals surface area contributed by atoms with Crippen molar-refractivity contribution in [2.75, 3.05) is 46.9 Å². The highest BCUT2D eigenvalue weighted by Crippen LogP contribution is 2.26. The molecule has 206 valence electrons. The molecule has 0 amide bonds. The first-order valence-electron chi connectivity index (χ1n) is 14.2. The van der Waals surface area contributed by atoms with E-state index in [2.05, 4.69) is 35.9 Å². The molecule has 6 heteroatoms. The summed E-state index contributed by atoms with van der Waals surface area (Å²) in [5, 5.41) is 0. The first-order chi connectivity index (χ1) is 17.1.